The van der Waals surface area contributed by atoms with Gasteiger partial charge in [-0.25, -0.2) is 4.98 Å². The Morgan fingerprint density at radius 3 is 2.73 bits per heavy atom. The largest absolute Gasteiger partial charge is 0.573 e. The van der Waals surface area contributed by atoms with Crippen molar-refractivity contribution in [3.63, 3.8) is 0 Å². The standard InChI is InChI=1S/C8H3BrF3NO2/c9-7-13-5-2-1-4(3-6(5)14-7)15-8(10,11)12/h1-3H. The van der Waals surface area contributed by atoms with E-state index in [-0.39, 0.29) is 16.1 Å². The molecule has 0 aliphatic heterocycles. The van der Waals surface area contributed by atoms with Crippen LogP contribution in [0.1, 0.15) is 0 Å². The zero-order valence-corrected chi connectivity index (χ0v) is 8.59. The second-order valence-electron chi connectivity index (χ2n) is 2.64. The summed E-state index contributed by atoms with van der Waals surface area (Å²) in [6.45, 7) is 0. The lowest BCUT2D eigenvalue weighted by atomic mass is 10.3. The minimum Gasteiger partial charge on any atom is -0.431 e. The topological polar surface area (TPSA) is 35.3 Å². The number of alkyl halides is 3. The molecular formula is C8H3BrF3NO2. The van der Waals surface area contributed by atoms with Crippen LogP contribution in [0.15, 0.2) is 27.4 Å². The van der Waals surface area contributed by atoms with Crippen LogP contribution in [0, 0.1) is 0 Å². The Balaban J connectivity index is 2.38. The van der Waals surface area contributed by atoms with E-state index in [1.54, 1.807) is 0 Å². The summed E-state index contributed by atoms with van der Waals surface area (Å²) in [4.78, 5) is 4.07. The van der Waals surface area contributed by atoms with Crippen LogP contribution < -0.4 is 4.74 Å². The highest BCUT2D eigenvalue weighted by molar-refractivity contribution is 9.10. The van der Waals surface area contributed by atoms with Gasteiger partial charge in [0.2, 0.25) is 0 Å². The molecule has 0 atom stereocenters. The minimum absolute atomic E-state index is 0.210. The number of fused-ring (bicyclic) bond motifs is 1. The van der Waals surface area contributed by atoms with Crippen molar-refractivity contribution >= 4 is 27.0 Å². The molecule has 1 heterocycles. The van der Waals surface area contributed by atoms with Crippen molar-refractivity contribution in [1.82, 2.24) is 4.98 Å². The smallest absolute Gasteiger partial charge is 0.431 e. The summed E-state index contributed by atoms with van der Waals surface area (Å²) in [5.41, 5.74) is 0.681. The van der Waals surface area contributed by atoms with Gasteiger partial charge in [0.15, 0.2) is 5.58 Å². The molecule has 80 valence electrons. The van der Waals surface area contributed by atoms with Crippen molar-refractivity contribution in [2.24, 2.45) is 0 Å². The third-order valence-electron chi connectivity index (χ3n) is 1.57. The summed E-state index contributed by atoms with van der Waals surface area (Å²) in [7, 11) is 0. The predicted octanol–water partition coefficient (Wildman–Crippen LogP) is 3.49. The van der Waals surface area contributed by atoms with Crippen LogP contribution in [0.3, 0.4) is 0 Å². The van der Waals surface area contributed by atoms with Gasteiger partial charge in [-0.05, 0) is 12.1 Å². The minimum atomic E-state index is -4.70. The van der Waals surface area contributed by atoms with Gasteiger partial charge in [0.25, 0.3) is 4.80 Å². The molecule has 0 saturated carbocycles. The Bertz CT molecular complexity index is 494. The molecule has 0 unspecified atom stereocenters. The number of hydrogen-bond donors (Lipinski definition) is 0. The quantitative estimate of drug-likeness (QED) is 0.803. The van der Waals surface area contributed by atoms with E-state index in [0.717, 1.165) is 6.07 Å². The maximum absolute atomic E-state index is 11.9. The monoisotopic (exact) mass is 281 g/mol. The number of benzene rings is 1. The van der Waals surface area contributed by atoms with E-state index >= 15 is 0 Å². The molecule has 0 bridgehead atoms. The van der Waals surface area contributed by atoms with Crippen LogP contribution in [0.25, 0.3) is 11.1 Å². The van der Waals surface area contributed by atoms with E-state index < -0.39 is 6.36 Å². The summed E-state index contributed by atoms with van der Waals surface area (Å²) < 4.78 is 44.3. The first-order valence-corrected chi connectivity index (χ1v) is 4.55. The molecule has 1 aromatic carbocycles. The highest BCUT2D eigenvalue weighted by Gasteiger charge is 2.31. The van der Waals surface area contributed by atoms with E-state index in [1.165, 1.54) is 12.1 Å². The summed E-state index contributed by atoms with van der Waals surface area (Å²) >= 11 is 2.97. The molecule has 0 amide bonds. The summed E-state index contributed by atoms with van der Waals surface area (Å²) in [6.07, 6.45) is -4.70. The maximum Gasteiger partial charge on any atom is 0.573 e. The molecular weight excluding hydrogens is 279 g/mol. The number of ether oxygens (including phenoxy) is 1. The molecule has 15 heavy (non-hydrogen) atoms. The van der Waals surface area contributed by atoms with Crippen LogP contribution in [-0.4, -0.2) is 11.3 Å². The van der Waals surface area contributed by atoms with Crippen LogP contribution in [0.2, 0.25) is 0 Å². The highest BCUT2D eigenvalue weighted by atomic mass is 79.9. The van der Waals surface area contributed by atoms with Gasteiger partial charge in [0.05, 0.1) is 0 Å². The Hall–Kier alpha value is -1.24. The molecule has 2 rings (SSSR count). The van der Waals surface area contributed by atoms with E-state index in [1.807, 2.05) is 0 Å². The van der Waals surface area contributed by atoms with E-state index in [0.29, 0.717) is 5.52 Å². The number of hydrogen-bond acceptors (Lipinski definition) is 3. The molecule has 1 aromatic heterocycles. The fraction of sp³-hybridized carbons (Fsp3) is 0.125. The summed E-state index contributed by atoms with van der Waals surface area (Å²) in [5.74, 6) is -0.335. The first kappa shape index (κ1) is 10.3. The van der Waals surface area contributed by atoms with E-state index in [2.05, 4.69) is 25.7 Å². The van der Waals surface area contributed by atoms with E-state index in [4.69, 9.17) is 4.42 Å². The third kappa shape index (κ3) is 2.41. The first-order chi connectivity index (χ1) is 6.94. The Morgan fingerprint density at radius 1 is 1.33 bits per heavy atom. The van der Waals surface area contributed by atoms with Crippen molar-refractivity contribution in [3.8, 4) is 5.75 Å². The fourth-order valence-corrected chi connectivity index (χ4v) is 1.44. The lowest BCUT2D eigenvalue weighted by Gasteiger charge is -2.07. The summed E-state index contributed by atoms with van der Waals surface area (Å²) in [6, 6.07) is 3.68. The normalized spacial score (nSPS) is 12.0. The second kappa shape index (κ2) is 3.41. The van der Waals surface area contributed by atoms with Crippen molar-refractivity contribution in [2.75, 3.05) is 0 Å². The van der Waals surface area contributed by atoms with Gasteiger partial charge >= 0.3 is 6.36 Å². The van der Waals surface area contributed by atoms with Crippen molar-refractivity contribution in [2.45, 2.75) is 6.36 Å². The molecule has 0 aliphatic carbocycles. The van der Waals surface area contributed by atoms with E-state index in [9.17, 15) is 13.2 Å². The van der Waals surface area contributed by atoms with Crippen LogP contribution in [0.4, 0.5) is 13.2 Å². The molecule has 7 heteroatoms. The van der Waals surface area contributed by atoms with Crippen molar-refractivity contribution in [1.29, 1.82) is 0 Å². The average Bonchev–Trinajstić information content (AvgIpc) is 2.40. The van der Waals surface area contributed by atoms with Crippen molar-refractivity contribution in [3.05, 3.63) is 23.0 Å². The maximum atomic E-state index is 11.9. The SMILES string of the molecule is FC(F)(F)Oc1ccc2nc(Br)oc2c1. The van der Waals surface area contributed by atoms with Gasteiger partial charge in [-0.15, -0.1) is 13.2 Å². The van der Waals surface area contributed by atoms with Gasteiger partial charge in [-0.1, -0.05) is 0 Å². The number of oxazole rings is 1. The van der Waals surface area contributed by atoms with Gasteiger partial charge in [-0.2, -0.15) is 0 Å². The Kier molecular flexibility index (Phi) is 2.34. The molecule has 0 saturated heterocycles. The molecule has 2 aromatic rings. The zero-order chi connectivity index (χ0) is 11.1. The van der Waals surface area contributed by atoms with Gasteiger partial charge in [0, 0.05) is 22.0 Å². The van der Waals surface area contributed by atoms with Gasteiger partial charge in [0.1, 0.15) is 11.3 Å². The summed E-state index contributed by atoms with van der Waals surface area (Å²) in [5, 5.41) is 0. The first-order valence-electron chi connectivity index (χ1n) is 3.76. The molecule has 0 N–H and O–H groups in total. The highest BCUT2D eigenvalue weighted by Crippen LogP contribution is 2.27. The van der Waals surface area contributed by atoms with Crippen LogP contribution >= 0.6 is 15.9 Å². The molecule has 0 fully saturated rings. The predicted molar refractivity (Wildman–Crippen MR) is 48.4 cm³/mol. The Morgan fingerprint density at radius 2 is 2.07 bits per heavy atom. The molecule has 0 spiro atoms. The second-order valence-corrected chi connectivity index (χ2v) is 3.32. The van der Waals surface area contributed by atoms with Crippen molar-refractivity contribution < 1.29 is 22.3 Å². The van der Waals surface area contributed by atoms with Crippen LogP contribution in [-0.2, 0) is 0 Å². The number of halogens is 4. The lowest BCUT2D eigenvalue weighted by molar-refractivity contribution is -0.274. The lowest BCUT2D eigenvalue weighted by Crippen LogP contribution is -2.16. The number of aromatic nitrogens is 1. The third-order valence-corrected chi connectivity index (χ3v) is 1.91. The molecule has 0 aliphatic rings. The fourth-order valence-electron chi connectivity index (χ4n) is 1.07. The average molecular weight is 282 g/mol. The van der Waals surface area contributed by atoms with Gasteiger partial charge in [-0.3, -0.25) is 0 Å². The molecule has 3 nitrogen and oxygen atoms in total. The molecule has 0 radical (unpaired) electrons. The number of rotatable bonds is 1. The zero-order valence-electron chi connectivity index (χ0n) is 7.01. The van der Waals surface area contributed by atoms with Crippen LogP contribution in [0.5, 0.6) is 5.75 Å². The number of nitrogens with zero attached hydrogens (tertiary/aromatic N) is 1. The van der Waals surface area contributed by atoms with Gasteiger partial charge < -0.3 is 9.15 Å². The Labute approximate surface area is 90.0 Å².